The lowest BCUT2D eigenvalue weighted by Gasteiger charge is -2.22. The predicted octanol–water partition coefficient (Wildman–Crippen LogP) is 0.199. The minimum absolute atomic E-state index is 0.163. The summed E-state index contributed by atoms with van der Waals surface area (Å²) in [4.78, 5) is 35.2. The van der Waals surface area contributed by atoms with Gasteiger partial charge in [-0.25, -0.2) is 9.59 Å². The number of hydrogen-bond donors (Lipinski definition) is 3. The molecule has 1 rings (SSSR count). The average Bonchev–Trinajstić information content (AvgIpc) is 2.44. The highest BCUT2D eigenvalue weighted by Crippen LogP contribution is 2.04. The largest absolute Gasteiger partial charge is 0.480 e. The number of carbonyl (C=O) groups is 3. The van der Waals surface area contributed by atoms with Crippen LogP contribution in [-0.2, 0) is 16.0 Å². The molecule has 3 amide bonds. The molecule has 7 heteroatoms. The van der Waals surface area contributed by atoms with Gasteiger partial charge in [0.1, 0.15) is 12.6 Å². The molecule has 0 aliphatic heterocycles. The Morgan fingerprint density at radius 1 is 1.29 bits per heavy atom. The number of amides is 3. The van der Waals surface area contributed by atoms with Crippen molar-refractivity contribution < 1.29 is 19.5 Å². The topological polar surface area (TPSA) is 113 Å². The van der Waals surface area contributed by atoms with Crippen LogP contribution in [0.2, 0.25) is 0 Å². The van der Waals surface area contributed by atoms with Gasteiger partial charge in [0, 0.05) is 13.0 Å². The van der Waals surface area contributed by atoms with Crippen molar-refractivity contribution in [3.8, 4) is 0 Å². The number of primary amides is 1. The third-order valence-electron chi connectivity index (χ3n) is 2.89. The van der Waals surface area contributed by atoms with Crippen molar-refractivity contribution in [1.82, 2.24) is 10.2 Å². The molecule has 0 aliphatic rings. The van der Waals surface area contributed by atoms with Crippen molar-refractivity contribution in [2.24, 2.45) is 5.73 Å². The number of rotatable bonds is 7. The molecule has 1 aromatic carbocycles. The van der Waals surface area contributed by atoms with Crippen molar-refractivity contribution in [2.75, 3.05) is 13.1 Å². The Hall–Kier alpha value is -2.57. The van der Waals surface area contributed by atoms with E-state index in [2.05, 4.69) is 5.32 Å². The Balaban J connectivity index is 2.71. The van der Waals surface area contributed by atoms with Gasteiger partial charge < -0.3 is 21.1 Å². The van der Waals surface area contributed by atoms with Crippen LogP contribution < -0.4 is 11.1 Å². The Labute approximate surface area is 122 Å². The standard InChI is InChI=1S/C14H19N3O4/c1-2-17(9-12(15)18)14(21)16-11(13(19)20)8-10-6-4-3-5-7-10/h3-7,11H,2,8-9H2,1H3,(H2,15,18)(H,16,21)(H,19,20)/t11-/m1/s1. The van der Waals surface area contributed by atoms with Crippen LogP contribution in [0.25, 0.3) is 0 Å². The van der Waals surface area contributed by atoms with Crippen LogP contribution >= 0.6 is 0 Å². The summed E-state index contributed by atoms with van der Waals surface area (Å²) in [6, 6.07) is 7.28. The van der Waals surface area contributed by atoms with Crippen LogP contribution in [0.5, 0.6) is 0 Å². The van der Waals surface area contributed by atoms with Gasteiger partial charge in [-0.15, -0.1) is 0 Å². The van der Waals surface area contributed by atoms with Crippen LogP contribution in [0, 0.1) is 0 Å². The SMILES string of the molecule is CCN(CC(N)=O)C(=O)N[C@H](Cc1ccccc1)C(=O)O. The molecule has 0 aromatic heterocycles. The maximum absolute atomic E-state index is 12.0. The van der Waals surface area contributed by atoms with Gasteiger partial charge in [-0.1, -0.05) is 30.3 Å². The van der Waals surface area contributed by atoms with Crippen LogP contribution in [-0.4, -0.2) is 47.0 Å². The molecule has 0 saturated carbocycles. The highest BCUT2D eigenvalue weighted by atomic mass is 16.4. The van der Waals surface area contributed by atoms with E-state index in [-0.39, 0.29) is 19.5 Å². The molecule has 0 bridgehead atoms. The summed E-state index contributed by atoms with van der Waals surface area (Å²) >= 11 is 0. The van der Waals surface area contributed by atoms with Gasteiger partial charge >= 0.3 is 12.0 Å². The van der Waals surface area contributed by atoms with E-state index < -0.39 is 23.9 Å². The van der Waals surface area contributed by atoms with Crippen molar-refractivity contribution >= 4 is 17.9 Å². The van der Waals surface area contributed by atoms with Gasteiger partial charge in [-0.05, 0) is 12.5 Å². The Bertz CT molecular complexity index is 504. The number of carbonyl (C=O) groups excluding carboxylic acids is 2. The number of carboxylic acid groups (broad SMARTS) is 1. The lowest BCUT2D eigenvalue weighted by atomic mass is 10.1. The van der Waals surface area contributed by atoms with Crippen molar-refractivity contribution in [2.45, 2.75) is 19.4 Å². The summed E-state index contributed by atoms with van der Waals surface area (Å²) < 4.78 is 0. The van der Waals surface area contributed by atoms with E-state index in [4.69, 9.17) is 5.73 Å². The van der Waals surface area contributed by atoms with E-state index in [0.29, 0.717) is 0 Å². The quantitative estimate of drug-likeness (QED) is 0.666. The van der Waals surface area contributed by atoms with E-state index in [1.165, 1.54) is 0 Å². The molecule has 1 aromatic rings. The molecule has 0 radical (unpaired) electrons. The van der Waals surface area contributed by atoms with Crippen LogP contribution in [0.15, 0.2) is 30.3 Å². The van der Waals surface area contributed by atoms with Crippen LogP contribution in [0.3, 0.4) is 0 Å². The van der Waals surface area contributed by atoms with Gasteiger partial charge in [0.15, 0.2) is 0 Å². The van der Waals surface area contributed by atoms with E-state index in [1.54, 1.807) is 31.2 Å². The lowest BCUT2D eigenvalue weighted by Crippen LogP contribution is -2.50. The highest BCUT2D eigenvalue weighted by Gasteiger charge is 2.23. The lowest BCUT2D eigenvalue weighted by molar-refractivity contribution is -0.139. The molecule has 0 saturated heterocycles. The Morgan fingerprint density at radius 3 is 2.38 bits per heavy atom. The number of nitrogens with zero attached hydrogens (tertiary/aromatic N) is 1. The fraction of sp³-hybridized carbons (Fsp3) is 0.357. The Kier molecular flexibility index (Phi) is 6.19. The number of carboxylic acids is 1. The van der Waals surface area contributed by atoms with E-state index in [1.807, 2.05) is 6.07 Å². The number of nitrogens with one attached hydrogen (secondary N) is 1. The van der Waals surface area contributed by atoms with Gasteiger partial charge in [0.05, 0.1) is 0 Å². The zero-order chi connectivity index (χ0) is 15.8. The minimum atomic E-state index is -1.14. The van der Waals surface area contributed by atoms with Gasteiger partial charge in [-0.2, -0.15) is 0 Å². The summed E-state index contributed by atoms with van der Waals surface area (Å²) in [5, 5.41) is 11.6. The first-order valence-corrected chi connectivity index (χ1v) is 6.54. The van der Waals surface area contributed by atoms with Crippen molar-refractivity contribution in [3.05, 3.63) is 35.9 Å². The molecule has 114 valence electrons. The third-order valence-corrected chi connectivity index (χ3v) is 2.89. The average molecular weight is 293 g/mol. The summed E-state index contributed by atoms with van der Waals surface area (Å²) in [6.45, 7) is 1.68. The monoisotopic (exact) mass is 293 g/mol. The molecule has 0 heterocycles. The van der Waals surface area contributed by atoms with E-state index >= 15 is 0 Å². The second kappa shape index (κ2) is 7.88. The third kappa shape index (κ3) is 5.52. The normalized spacial score (nSPS) is 11.5. The molecule has 4 N–H and O–H groups in total. The van der Waals surface area contributed by atoms with Gasteiger partial charge in [0.2, 0.25) is 5.91 Å². The Morgan fingerprint density at radius 2 is 1.90 bits per heavy atom. The second-order valence-electron chi connectivity index (χ2n) is 4.51. The number of nitrogens with two attached hydrogens (primary N) is 1. The number of aliphatic carboxylic acids is 1. The van der Waals surface area contributed by atoms with Gasteiger partial charge in [-0.3, -0.25) is 4.79 Å². The molecule has 1 atom stereocenters. The maximum atomic E-state index is 12.0. The fourth-order valence-electron chi connectivity index (χ4n) is 1.81. The molecule has 0 aliphatic carbocycles. The second-order valence-corrected chi connectivity index (χ2v) is 4.51. The predicted molar refractivity (Wildman–Crippen MR) is 76.5 cm³/mol. The summed E-state index contributed by atoms with van der Waals surface area (Å²) in [6.07, 6.45) is 0.163. The van der Waals surface area contributed by atoms with Crippen molar-refractivity contribution in [1.29, 1.82) is 0 Å². The van der Waals surface area contributed by atoms with Crippen molar-refractivity contribution in [3.63, 3.8) is 0 Å². The number of hydrogen-bond acceptors (Lipinski definition) is 3. The zero-order valence-electron chi connectivity index (χ0n) is 11.8. The van der Waals surface area contributed by atoms with Crippen LogP contribution in [0.4, 0.5) is 4.79 Å². The molecule has 0 spiro atoms. The number of urea groups is 1. The molecular weight excluding hydrogens is 274 g/mol. The van der Waals surface area contributed by atoms with Crippen LogP contribution in [0.1, 0.15) is 12.5 Å². The highest BCUT2D eigenvalue weighted by molar-refractivity contribution is 5.86. The molecule has 0 fully saturated rings. The summed E-state index contributed by atoms with van der Waals surface area (Å²) in [5.41, 5.74) is 5.84. The smallest absolute Gasteiger partial charge is 0.326 e. The fourth-order valence-corrected chi connectivity index (χ4v) is 1.81. The van der Waals surface area contributed by atoms with E-state index in [0.717, 1.165) is 10.5 Å². The summed E-state index contributed by atoms with van der Waals surface area (Å²) in [5.74, 6) is -1.79. The van der Waals surface area contributed by atoms with E-state index in [9.17, 15) is 19.5 Å². The molecule has 0 unspecified atom stereocenters. The maximum Gasteiger partial charge on any atom is 0.326 e. The molecular formula is C14H19N3O4. The van der Waals surface area contributed by atoms with Gasteiger partial charge in [0.25, 0.3) is 0 Å². The zero-order valence-corrected chi connectivity index (χ0v) is 11.8. The minimum Gasteiger partial charge on any atom is -0.480 e. The number of benzene rings is 1. The summed E-state index contributed by atoms with van der Waals surface area (Å²) in [7, 11) is 0. The first-order valence-electron chi connectivity index (χ1n) is 6.54. The number of likely N-dealkylation sites (N-methyl/N-ethyl adjacent to an activating group) is 1. The first-order chi connectivity index (χ1) is 9.93. The molecule has 21 heavy (non-hydrogen) atoms. The first kappa shape index (κ1) is 16.5. The molecule has 7 nitrogen and oxygen atoms in total.